The first-order chi connectivity index (χ1) is 8.61. The fraction of sp³-hybridized carbons (Fsp3) is 0.308. The molecule has 2 aromatic rings. The monoisotopic (exact) mass is 284 g/mol. The van der Waals surface area contributed by atoms with Crippen LogP contribution in [0.15, 0.2) is 18.2 Å². The van der Waals surface area contributed by atoms with Crippen LogP contribution in [0.3, 0.4) is 0 Å². The van der Waals surface area contributed by atoms with E-state index < -0.39 is 0 Å². The molecule has 0 radical (unpaired) electrons. The van der Waals surface area contributed by atoms with Crippen molar-refractivity contribution in [2.45, 2.75) is 20.4 Å². The van der Waals surface area contributed by atoms with Crippen molar-refractivity contribution in [2.24, 2.45) is 0 Å². The molecule has 0 bridgehead atoms. The highest BCUT2D eigenvalue weighted by Crippen LogP contribution is 2.30. The van der Waals surface area contributed by atoms with Crippen molar-refractivity contribution in [3.05, 3.63) is 39.6 Å². The summed E-state index contributed by atoms with van der Waals surface area (Å²) in [5.41, 5.74) is 1.46. The van der Waals surface area contributed by atoms with Crippen LogP contribution in [0.2, 0.25) is 5.02 Å². The topological polar surface area (TPSA) is 24.9 Å². The summed E-state index contributed by atoms with van der Waals surface area (Å²) in [6.07, 6.45) is 0. The maximum absolute atomic E-state index is 13.8. The number of halogens is 2. The van der Waals surface area contributed by atoms with Gasteiger partial charge in [-0.25, -0.2) is 9.37 Å². The summed E-state index contributed by atoms with van der Waals surface area (Å²) in [5.74, 6) is -0.328. The van der Waals surface area contributed by atoms with E-state index in [1.165, 1.54) is 17.4 Å². The third-order valence-corrected chi connectivity index (χ3v) is 4.02. The Bertz CT molecular complexity index is 554. The average Bonchev–Trinajstić information content (AvgIpc) is 2.68. The van der Waals surface area contributed by atoms with Crippen molar-refractivity contribution in [2.75, 3.05) is 6.54 Å². The first-order valence-corrected chi connectivity index (χ1v) is 6.93. The molecule has 0 aliphatic heterocycles. The molecule has 1 aromatic heterocycles. The van der Waals surface area contributed by atoms with Gasteiger partial charge in [-0.15, -0.1) is 11.3 Å². The van der Waals surface area contributed by atoms with E-state index in [1.54, 1.807) is 12.1 Å². The molecule has 0 atom stereocenters. The van der Waals surface area contributed by atoms with Gasteiger partial charge in [0.2, 0.25) is 0 Å². The van der Waals surface area contributed by atoms with Crippen LogP contribution >= 0.6 is 22.9 Å². The Morgan fingerprint density at radius 3 is 2.89 bits per heavy atom. The largest absolute Gasteiger partial charge is 0.312 e. The zero-order valence-electron chi connectivity index (χ0n) is 10.3. The minimum Gasteiger partial charge on any atom is -0.312 e. The molecule has 96 valence electrons. The molecule has 0 saturated carbocycles. The molecule has 0 fully saturated rings. The molecule has 0 aliphatic rings. The second-order valence-electron chi connectivity index (χ2n) is 3.93. The summed E-state index contributed by atoms with van der Waals surface area (Å²) in [5, 5.41) is 4.35. The Balaban J connectivity index is 2.33. The third kappa shape index (κ3) is 2.88. The van der Waals surface area contributed by atoms with Crippen molar-refractivity contribution in [3.63, 3.8) is 0 Å². The summed E-state index contributed by atoms with van der Waals surface area (Å²) in [4.78, 5) is 5.56. The lowest BCUT2D eigenvalue weighted by Crippen LogP contribution is -2.11. The van der Waals surface area contributed by atoms with E-state index in [0.29, 0.717) is 15.6 Å². The molecular formula is C13H14ClFN2S. The van der Waals surface area contributed by atoms with Crippen LogP contribution < -0.4 is 5.32 Å². The number of hydrogen-bond donors (Lipinski definition) is 1. The highest BCUT2D eigenvalue weighted by molar-refractivity contribution is 7.15. The first kappa shape index (κ1) is 13.5. The van der Waals surface area contributed by atoms with E-state index in [2.05, 4.69) is 17.2 Å². The van der Waals surface area contributed by atoms with Gasteiger partial charge in [-0.1, -0.05) is 18.5 Å². The quantitative estimate of drug-likeness (QED) is 0.917. The fourth-order valence-electron chi connectivity index (χ4n) is 1.61. The number of aryl methyl sites for hydroxylation is 1. The number of benzene rings is 1. The van der Waals surface area contributed by atoms with E-state index >= 15 is 0 Å². The zero-order valence-corrected chi connectivity index (χ0v) is 11.8. The van der Waals surface area contributed by atoms with Crippen molar-refractivity contribution >= 4 is 22.9 Å². The molecule has 1 aromatic carbocycles. The lowest BCUT2D eigenvalue weighted by atomic mass is 10.2. The summed E-state index contributed by atoms with van der Waals surface area (Å²) >= 11 is 7.26. The van der Waals surface area contributed by atoms with E-state index in [4.69, 9.17) is 11.6 Å². The van der Waals surface area contributed by atoms with Crippen LogP contribution in [0.1, 0.15) is 17.5 Å². The molecule has 0 amide bonds. The average molecular weight is 285 g/mol. The standard InChI is InChI=1S/C13H14ClFN2S/c1-3-16-7-12-8(2)17-13(18-12)10-5-4-9(14)6-11(10)15/h4-6,16H,3,7H2,1-2H3. The van der Waals surface area contributed by atoms with Gasteiger partial charge >= 0.3 is 0 Å². The smallest absolute Gasteiger partial charge is 0.134 e. The molecule has 0 aliphatic carbocycles. The molecular weight excluding hydrogens is 271 g/mol. The number of nitrogens with zero attached hydrogens (tertiary/aromatic N) is 1. The van der Waals surface area contributed by atoms with Crippen LogP contribution in [-0.4, -0.2) is 11.5 Å². The highest BCUT2D eigenvalue weighted by Gasteiger charge is 2.12. The zero-order chi connectivity index (χ0) is 13.1. The van der Waals surface area contributed by atoms with Crippen molar-refractivity contribution in [3.8, 4) is 10.6 Å². The van der Waals surface area contributed by atoms with Crippen LogP contribution in [0, 0.1) is 12.7 Å². The third-order valence-electron chi connectivity index (χ3n) is 2.59. The Hall–Kier alpha value is -0.970. The van der Waals surface area contributed by atoms with Crippen molar-refractivity contribution in [1.29, 1.82) is 0 Å². The van der Waals surface area contributed by atoms with Gasteiger partial charge in [-0.05, 0) is 31.7 Å². The molecule has 0 unspecified atom stereocenters. The Kier molecular flexibility index (Phi) is 4.32. The van der Waals surface area contributed by atoms with Gasteiger partial charge in [-0.2, -0.15) is 0 Å². The van der Waals surface area contributed by atoms with E-state index in [1.807, 2.05) is 6.92 Å². The number of hydrogen-bond acceptors (Lipinski definition) is 3. The minimum absolute atomic E-state index is 0.328. The van der Waals surface area contributed by atoms with Gasteiger partial charge in [-0.3, -0.25) is 0 Å². The Labute approximate surface area is 115 Å². The highest BCUT2D eigenvalue weighted by atomic mass is 35.5. The van der Waals surface area contributed by atoms with Gasteiger partial charge in [0.25, 0.3) is 0 Å². The number of rotatable bonds is 4. The number of nitrogens with one attached hydrogen (secondary N) is 1. The second kappa shape index (κ2) is 5.78. The molecule has 1 heterocycles. The molecule has 1 N–H and O–H groups in total. The molecule has 2 rings (SSSR count). The normalized spacial score (nSPS) is 10.9. The second-order valence-corrected chi connectivity index (χ2v) is 5.45. The predicted molar refractivity (Wildman–Crippen MR) is 74.6 cm³/mol. The van der Waals surface area contributed by atoms with E-state index in [0.717, 1.165) is 23.7 Å². The summed E-state index contributed by atoms with van der Waals surface area (Å²) in [6.45, 7) is 5.67. The van der Waals surface area contributed by atoms with Gasteiger partial charge in [0.1, 0.15) is 10.8 Å². The van der Waals surface area contributed by atoms with Crippen LogP contribution in [0.4, 0.5) is 4.39 Å². The maximum Gasteiger partial charge on any atom is 0.134 e. The molecule has 2 nitrogen and oxygen atoms in total. The lowest BCUT2D eigenvalue weighted by Gasteiger charge is -1.99. The van der Waals surface area contributed by atoms with Crippen LogP contribution in [0.5, 0.6) is 0 Å². The minimum atomic E-state index is -0.328. The molecule has 18 heavy (non-hydrogen) atoms. The van der Waals surface area contributed by atoms with Gasteiger partial charge in [0, 0.05) is 22.0 Å². The maximum atomic E-state index is 13.8. The first-order valence-electron chi connectivity index (χ1n) is 5.74. The van der Waals surface area contributed by atoms with Crippen molar-refractivity contribution < 1.29 is 4.39 Å². The van der Waals surface area contributed by atoms with Crippen LogP contribution in [-0.2, 0) is 6.54 Å². The van der Waals surface area contributed by atoms with Crippen molar-refractivity contribution in [1.82, 2.24) is 10.3 Å². The predicted octanol–water partition coefficient (Wildman–Crippen LogP) is 4.02. The Morgan fingerprint density at radius 1 is 1.44 bits per heavy atom. The van der Waals surface area contributed by atoms with E-state index in [-0.39, 0.29) is 5.82 Å². The summed E-state index contributed by atoms with van der Waals surface area (Å²) in [7, 11) is 0. The van der Waals surface area contributed by atoms with E-state index in [9.17, 15) is 4.39 Å². The molecule has 0 saturated heterocycles. The SMILES string of the molecule is CCNCc1sc(-c2ccc(Cl)cc2F)nc1C. The van der Waals surface area contributed by atoms with Crippen LogP contribution in [0.25, 0.3) is 10.6 Å². The molecule has 0 spiro atoms. The van der Waals surface area contributed by atoms with Gasteiger partial charge in [0.15, 0.2) is 0 Å². The van der Waals surface area contributed by atoms with Gasteiger partial charge in [0.05, 0.1) is 5.69 Å². The van der Waals surface area contributed by atoms with Gasteiger partial charge < -0.3 is 5.32 Å². The molecule has 5 heteroatoms. The fourth-order valence-corrected chi connectivity index (χ4v) is 2.83. The lowest BCUT2D eigenvalue weighted by molar-refractivity contribution is 0.631. The summed E-state index contributed by atoms with van der Waals surface area (Å²) in [6, 6.07) is 4.67. The number of aromatic nitrogens is 1. The Morgan fingerprint density at radius 2 is 2.22 bits per heavy atom. The number of thiazole rings is 1. The summed E-state index contributed by atoms with van der Waals surface area (Å²) < 4.78 is 13.8.